The minimum absolute atomic E-state index is 0.0720. The molecule has 4 rings (SSSR count). The maximum atomic E-state index is 13.3. The molecule has 0 aromatic heterocycles. The molecule has 9 heteroatoms. The van der Waals surface area contributed by atoms with Crippen LogP contribution in [0.4, 0.5) is 0 Å². The molecule has 31 heavy (non-hydrogen) atoms. The van der Waals surface area contributed by atoms with E-state index in [4.69, 9.17) is 5.73 Å². The maximum absolute atomic E-state index is 13.3. The Morgan fingerprint density at radius 1 is 1.16 bits per heavy atom. The summed E-state index contributed by atoms with van der Waals surface area (Å²) in [5.74, 6) is -6.99. The highest BCUT2D eigenvalue weighted by Gasteiger charge is 2.58. The van der Waals surface area contributed by atoms with Gasteiger partial charge < -0.3 is 26.2 Å². The molecule has 0 bridgehead atoms. The molecule has 1 amide bonds. The third-order valence-electron chi connectivity index (χ3n) is 6.87. The van der Waals surface area contributed by atoms with Gasteiger partial charge in [-0.05, 0) is 45.0 Å². The lowest BCUT2D eigenvalue weighted by Gasteiger charge is -2.49. The van der Waals surface area contributed by atoms with Crippen LogP contribution in [0.15, 0.2) is 40.9 Å². The number of likely N-dealkylation sites (N-methyl/N-ethyl adjacent to an activating group) is 1. The molecule has 0 saturated carbocycles. The van der Waals surface area contributed by atoms with Crippen molar-refractivity contribution >= 4 is 17.5 Å². The van der Waals surface area contributed by atoms with Gasteiger partial charge in [-0.1, -0.05) is 12.1 Å². The fraction of sp³-hybridized carbons (Fsp3) is 0.409. The molecular formula is C22H24N2O7. The number of allylic oxidation sites excluding steroid dienone is 1. The van der Waals surface area contributed by atoms with Crippen molar-refractivity contribution in [1.82, 2.24) is 4.90 Å². The number of nitrogens with two attached hydrogens (primary N) is 1. The van der Waals surface area contributed by atoms with Gasteiger partial charge in [0.1, 0.15) is 22.8 Å². The van der Waals surface area contributed by atoms with E-state index in [9.17, 15) is 34.8 Å². The number of aliphatic hydroxyl groups is 3. The zero-order chi connectivity index (χ0) is 23.0. The van der Waals surface area contributed by atoms with Crippen molar-refractivity contribution in [2.75, 3.05) is 14.1 Å². The van der Waals surface area contributed by atoms with E-state index in [1.165, 1.54) is 25.1 Å². The van der Waals surface area contributed by atoms with Crippen molar-refractivity contribution in [3.05, 3.63) is 52.0 Å². The first-order valence-electron chi connectivity index (χ1n) is 9.87. The maximum Gasteiger partial charge on any atom is 0.255 e. The van der Waals surface area contributed by atoms with E-state index in [0.717, 1.165) is 0 Å². The molecular weight excluding hydrogens is 404 g/mol. The molecule has 5 atom stereocenters. The minimum atomic E-state index is -1.64. The van der Waals surface area contributed by atoms with E-state index < -0.39 is 64.0 Å². The standard InChI is InChI=1S/C22H24N2O7/c1-22(31)9-5-4-6-11(25)13(9)19(28)14-10(22)7-8-12(17(14)26)18(27)15(21(23)30)20(29)16(8)24(2)3/h4-6,8,10,12,16,25-26,29,31H,7H2,1-3H3,(H2,23,30). The van der Waals surface area contributed by atoms with E-state index in [2.05, 4.69) is 0 Å². The topological polar surface area (TPSA) is 161 Å². The number of hydrogen-bond acceptors (Lipinski definition) is 8. The van der Waals surface area contributed by atoms with Gasteiger partial charge in [0.25, 0.3) is 5.91 Å². The molecule has 9 nitrogen and oxygen atoms in total. The van der Waals surface area contributed by atoms with Gasteiger partial charge in [0, 0.05) is 11.5 Å². The van der Waals surface area contributed by atoms with Gasteiger partial charge in [0.2, 0.25) is 0 Å². The lowest BCUT2D eigenvalue weighted by atomic mass is 9.57. The summed E-state index contributed by atoms with van der Waals surface area (Å²) >= 11 is 0. The Bertz CT molecular complexity index is 1100. The number of aliphatic hydroxyl groups excluding tert-OH is 2. The Morgan fingerprint density at radius 2 is 1.81 bits per heavy atom. The molecule has 0 heterocycles. The van der Waals surface area contributed by atoms with Gasteiger partial charge in [-0.2, -0.15) is 0 Å². The van der Waals surface area contributed by atoms with E-state index in [-0.39, 0.29) is 28.9 Å². The van der Waals surface area contributed by atoms with Crippen molar-refractivity contribution in [2.45, 2.75) is 25.0 Å². The highest BCUT2D eigenvalue weighted by Crippen LogP contribution is 2.55. The van der Waals surface area contributed by atoms with Gasteiger partial charge >= 0.3 is 0 Å². The molecule has 0 fully saturated rings. The Morgan fingerprint density at radius 3 is 2.39 bits per heavy atom. The second-order valence-electron chi connectivity index (χ2n) is 8.80. The molecule has 3 aliphatic carbocycles. The SMILES string of the molecule is CN(C)C1C(O)=C(C(N)=O)C(=O)C2C(O)=C3C(=O)c4c(O)cccc4C(C)(O)C3CC21. The number of phenols is 1. The number of benzene rings is 1. The zero-order valence-electron chi connectivity index (χ0n) is 17.3. The fourth-order valence-corrected chi connectivity index (χ4v) is 5.52. The van der Waals surface area contributed by atoms with Crippen LogP contribution in [0.5, 0.6) is 5.75 Å². The number of Topliss-reactive ketones (excluding diaryl/α,β-unsaturated/α-hetero) is 2. The lowest BCUT2D eigenvalue weighted by molar-refractivity contribution is -0.128. The van der Waals surface area contributed by atoms with Gasteiger partial charge in [-0.25, -0.2) is 0 Å². The highest BCUT2D eigenvalue weighted by molar-refractivity contribution is 6.22. The van der Waals surface area contributed by atoms with Crippen molar-refractivity contribution in [1.29, 1.82) is 0 Å². The molecule has 164 valence electrons. The third kappa shape index (κ3) is 2.66. The van der Waals surface area contributed by atoms with Crippen LogP contribution in [-0.2, 0) is 15.2 Å². The number of rotatable bonds is 2. The highest BCUT2D eigenvalue weighted by atomic mass is 16.3. The molecule has 1 aromatic carbocycles. The number of primary amides is 1. The van der Waals surface area contributed by atoms with Crippen molar-refractivity contribution < 1.29 is 34.8 Å². The monoisotopic (exact) mass is 428 g/mol. The van der Waals surface area contributed by atoms with Crippen LogP contribution in [0.3, 0.4) is 0 Å². The molecule has 1 aromatic rings. The molecule has 5 unspecified atom stereocenters. The Balaban J connectivity index is 1.99. The summed E-state index contributed by atoms with van der Waals surface area (Å²) in [6, 6.07) is 3.50. The normalized spacial score (nSPS) is 32.7. The van der Waals surface area contributed by atoms with Crippen LogP contribution in [0.25, 0.3) is 0 Å². The van der Waals surface area contributed by atoms with Gasteiger partial charge in [-0.3, -0.25) is 19.3 Å². The molecule has 0 radical (unpaired) electrons. The third-order valence-corrected chi connectivity index (χ3v) is 6.87. The number of carbonyl (C=O) groups is 3. The number of nitrogens with zero attached hydrogens (tertiary/aromatic N) is 1. The second kappa shape index (κ2) is 6.66. The van der Waals surface area contributed by atoms with E-state index in [0.29, 0.717) is 0 Å². The summed E-state index contributed by atoms with van der Waals surface area (Å²) in [5, 5.41) is 43.5. The first-order valence-corrected chi connectivity index (χ1v) is 9.87. The van der Waals surface area contributed by atoms with Gasteiger partial charge in [0.05, 0.1) is 23.1 Å². The predicted molar refractivity (Wildman–Crippen MR) is 108 cm³/mol. The van der Waals surface area contributed by atoms with Crippen LogP contribution in [0.1, 0.15) is 29.3 Å². The average molecular weight is 428 g/mol. The van der Waals surface area contributed by atoms with E-state index >= 15 is 0 Å². The Kier molecular flexibility index (Phi) is 4.53. The number of fused-ring (bicyclic) bond motifs is 3. The molecule has 0 aliphatic heterocycles. The van der Waals surface area contributed by atoms with E-state index in [1.807, 2.05) is 0 Å². The van der Waals surface area contributed by atoms with E-state index in [1.54, 1.807) is 19.0 Å². The average Bonchev–Trinajstić information content (AvgIpc) is 2.65. The first-order chi connectivity index (χ1) is 14.4. The number of amides is 1. The summed E-state index contributed by atoms with van der Waals surface area (Å²) in [5.41, 5.74) is 3.00. The van der Waals surface area contributed by atoms with Crippen LogP contribution in [0.2, 0.25) is 0 Å². The summed E-state index contributed by atoms with van der Waals surface area (Å²) in [4.78, 5) is 39.9. The number of ketones is 2. The zero-order valence-corrected chi connectivity index (χ0v) is 17.3. The predicted octanol–water partition coefficient (Wildman–Crippen LogP) is 0.671. The minimum Gasteiger partial charge on any atom is -0.511 e. The quantitative estimate of drug-likeness (QED) is 0.429. The molecule has 0 spiro atoms. The Hall–Kier alpha value is -3.17. The van der Waals surface area contributed by atoms with Crippen LogP contribution in [-0.4, -0.2) is 62.9 Å². The van der Waals surface area contributed by atoms with Gasteiger partial charge in [-0.15, -0.1) is 0 Å². The molecule has 3 aliphatic rings. The summed E-state index contributed by atoms with van der Waals surface area (Å²) in [7, 11) is 3.28. The largest absolute Gasteiger partial charge is 0.511 e. The van der Waals surface area contributed by atoms with Crippen molar-refractivity contribution in [2.24, 2.45) is 23.5 Å². The smallest absolute Gasteiger partial charge is 0.255 e. The number of aromatic hydroxyl groups is 1. The summed E-state index contributed by atoms with van der Waals surface area (Å²) < 4.78 is 0. The molecule has 0 saturated heterocycles. The first kappa shape index (κ1) is 21.1. The summed E-state index contributed by atoms with van der Waals surface area (Å²) in [6.45, 7) is 1.48. The van der Waals surface area contributed by atoms with Crippen LogP contribution in [0, 0.1) is 17.8 Å². The molecule has 6 N–H and O–H groups in total. The van der Waals surface area contributed by atoms with Crippen LogP contribution >= 0.6 is 0 Å². The Labute approximate surface area is 178 Å². The number of hydrogen-bond donors (Lipinski definition) is 5. The lowest BCUT2D eigenvalue weighted by Crippen LogP contribution is -2.55. The van der Waals surface area contributed by atoms with Crippen LogP contribution < -0.4 is 5.73 Å². The number of phenolic OH excluding ortho intramolecular Hbond substituents is 1. The number of carbonyl (C=O) groups excluding carboxylic acids is 3. The second-order valence-corrected chi connectivity index (χ2v) is 8.80. The van der Waals surface area contributed by atoms with Crippen molar-refractivity contribution in [3.8, 4) is 5.75 Å². The summed E-state index contributed by atoms with van der Waals surface area (Å²) in [6.07, 6.45) is 0.0720. The van der Waals surface area contributed by atoms with Gasteiger partial charge in [0.15, 0.2) is 11.6 Å². The van der Waals surface area contributed by atoms with Crippen molar-refractivity contribution in [3.63, 3.8) is 0 Å². The fourth-order valence-electron chi connectivity index (χ4n) is 5.52.